The summed E-state index contributed by atoms with van der Waals surface area (Å²) in [5.41, 5.74) is -0.762. The van der Waals surface area contributed by atoms with Crippen LogP contribution in [0, 0.1) is 29.5 Å². The lowest BCUT2D eigenvalue weighted by atomic mass is 10.1. The summed E-state index contributed by atoms with van der Waals surface area (Å²) in [6.07, 6.45) is -0.583. The Morgan fingerprint density at radius 3 is 1.92 bits per heavy atom. The first-order valence-corrected chi connectivity index (χ1v) is 7.77. The number of benzene rings is 1. The smallest absolute Gasteiger partial charge is 0.270 e. The Kier molecular flexibility index (Phi) is 9.31. The van der Waals surface area contributed by atoms with Gasteiger partial charge in [0.05, 0.1) is 18.8 Å². The third-order valence-corrected chi connectivity index (χ3v) is 3.08. The summed E-state index contributed by atoms with van der Waals surface area (Å²) in [5.74, 6) is 9.75. The summed E-state index contributed by atoms with van der Waals surface area (Å²) in [7, 11) is 0. The SMILES string of the molecule is CC#CCCCOc1ccc(OCCCC#CC)c(C(F)F)c1F. The first-order valence-electron chi connectivity index (χ1n) is 7.77. The maximum absolute atomic E-state index is 14.3. The topological polar surface area (TPSA) is 18.5 Å². The molecule has 0 N–H and O–H groups in total. The third kappa shape index (κ3) is 6.46. The number of hydrogen-bond donors (Lipinski definition) is 0. The lowest BCUT2D eigenvalue weighted by Gasteiger charge is -2.14. The molecule has 0 bridgehead atoms. The van der Waals surface area contributed by atoms with Gasteiger partial charge in [-0.2, -0.15) is 0 Å². The average Bonchev–Trinajstić information content (AvgIpc) is 2.55. The van der Waals surface area contributed by atoms with Gasteiger partial charge in [-0.25, -0.2) is 13.2 Å². The van der Waals surface area contributed by atoms with Gasteiger partial charge in [0.1, 0.15) is 5.75 Å². The standard InChI is InChI=1S/C19H21F3O2/c1-3-5-7-9-13-23-15-11-12-16(18(20)17(15)19(21)22)24-14-10-8-6-4-2/h11-12,19H,7-10,13-14H2,1-2H3. The Morgan fingerprint density at radius 2 is 1.42 bits per heavy atom. The van der Waals surface area contributed by atoms with E-state index in [1.54, 1.807) is 13.8 Å². The van der Waals surface area contributed by atoms with Crippen LogP contribution >= 0.6 is 0 Å². The first kappa shape index (κ1) is 19.8. The molecule has 1 aromatic rings. The van der Waals surface area contributed by atoms with Crippen LogP contribution in [0.5, 0.6) is 11.5 Å². The van der Waals surface area contributed by atoms with Crippen LogP contribution in [0.25, 0.3) is 0 Å². The molecule has 1 aromatic carbocycles. The molecule has 0 saturated heterocycles. The first-order chi connectivity index (χ1) is 11.6. The van der Waals surface area contributed by atoms with Gasteiger partial charge in [-0.05, 0) is 38.8 Å². The Bertz CT molecular complexity index is 634. The predicted molar refractivity (Wildman–Crippen MR) is 87.7 cm³/mol. The molecular weight excluding hydrogens is 317 g/mol. The van der Waals surface area contributed by atoms with Crippen molar-refractivity contribution in [2.24, 2.45) is 0 Å². The second-order valence-corrected chi connectivity index (χ2v) is 4.85. The van der Waals surface area contributed by atoms with E-state index in [9.17, 15) is 13.2 Å². The molecule has 0 spiro atoms. The number of alkyl halides is 2. The quantitative estimate of drug-likeness (QED) is 0.459. The maximum atomic E-state index is 14.3. The molecule has 24 heavy (non-hydrogen) atoms. The fraction of sp³-hybridized carbons (Fsp3) is 0.474. The van der Waals surface area contributed by atoms with Crippen molar-refractivity contribution in [1.82, 2.24) is 0 Å². The van der Waals surface area contributed by atoms with Gasteiger partial charge in [-0.3, -0.25) is 0 Å². The summed E-state index contributed by atoms with van der Waals surface area (Å²) in [4.78, 5) is 0. The van der Waals surface area contributed by atoms with Crippen molar-refractivity contribution < 1.29 is 22.6 Å². The van der Waals surface area contributed by atoms with Crippen molar-refractivity contribution in [3.63, 3.8) is 0 Å². The van der Waals surface area contributed by atoms with E-state index in [1.807, 2.05) is 0 Å². The minimum Gasteiger partial charge on any atom is -0.493 e. The molecule has 0 aliphatic carbocycles. The van der Waals surface area contributed by atoms with Gasteiger partial charge in [0.2, 0.25) is 0 Å². The molecule has 5 heteroatoms. The van der Waals surface area contributed by atoms with Gasteiger partial charge in [0.15, 0.2) is 11.6 Å². The van der Waals surface area contributed by atoms with E-state index in [4.69, 9.17) is 9.47 Å². The second kappa shape index (κ2) is 11.3. The Hall–Kier alpha value is -2.27. The van der Waals surface area contributed by atoms with Crippen LogP contribution in [0.1, 0.15) is 51.5 Å². The average molecular weight is 338 g/mol. The molecule has 0 amide bonds. The van der Waals surface area contributed by atoms with Crippen molar-refractivity contribution in [2.75, 3.05) is 13.2 Å². The van der Waals surface area contributed by atoms with Crippen molar-refractivity contribution in [3.8, 4) is 35.2 Å². The Balaban J connectivity index is 2.73. The van der Waals surface area contributed by atoms with E-state index in [0.717, 1.165) is 0 Å². The molecule has 2 nitrogen and oxygen atoms in total. The molecule has 1 rings (SSSR count). The zero-order valence-corrected chi connectivity index (χ0v) is 13.9. The zero-order chi connectivity index (χ0) is 17.8. The highest BCUT2D eigenvalue weighted by Crippen LogP contribution is 2.36. The molecule has 0 heterocycles. The summed E-state index contributed by atoms with van der Waals surface area (Å²) in [5, 5.41) is 0. The fourth-order valence-electron chi connectivity index (χ4n) is 1.93. The highest BCUT2D eigenvalue weighted by Gasteiger charge is 2.23. The van der Waals surface area contributed by atoms with Gasteiger partial charge in [0, 0.05) is 12.8 Å². The van der Waals surface area contributed by atoms with Gasteiger partial charge in [-0.15, -0.1) is 23.7 Å². The number of rotatable bonds is 9. The van der Waals surface area contributed by atoms with Gasteiger partial charge in [-0.1, -0.05) is 0 Å². The number of halogens is 3. The van der Waals surface area contributed by atoms with Crippen molar-refractivity contribution in [2.45, 2.75) is 46.0 Å². The molecule has 0 saturated carbocycles. The highest BCUT2D eigenvalue weighted by atomic mass is 19.3. The minimum absolute atomic E-state index is 0.156. The van der Waals surface area contributed by atoms with Crippen LogP contribution in [-0.4, -0.2) is 13.2 Å². The van der Waals surface area contributed by atoms with Crippen LogP contribution in [0.15, 0.2) is 12.1 Å². The van der Waals surface area contributed by atoms with Crippen LogP contribution < -0.4 is 9.47 Å². The van der Waals surface area contributed by atoms with E-state index < -0.39 is 17.8 Å². The fourth-order valence-corrected chi connectivity index (χ4v) is 1.93. The monoisotopic (exact) mass is 338 g/mol. The zero-order valence-electron chi connectivity index (χ0n) is 13.9. The number of ether oxygens (including phenoxy) is 2. The number of hydrogen-bond acceptors (Lipinski definition) is 2. The van der Waals surface area contributed by atoms with Crippen LogP contribution in [0.3, 0.4) is 0 Å². The molecule has 0 aliphatic heterocycles. The number of unbranched alkanes of at least 4 members (excludes halogenated alkanes) is 2. The van der Waals surface area contributed by atoms with Crippen molar-refractivity contribution >= 4 is 0 Å². The summed E-state index contributed by atoms with van der Waals surface area (Å²) >= 11 is 0. The van der Waals surface area contributed by atoms with Gasteiger partial charge >= 0.3 is 0 Å². The molecule has 0 radical (unpaired) electrons. The Morgan fingerprint density at radius 1 is 0.917 bits per heavy atom. The molecule has 0 unspecified atom stereocenters. The molecule has 0 fully saturated rings. The molecule has 130 valence electrons. The van der Waals surface area contributed by atoms with E-state index in [0.29, 0.717) is 25.7 Å². The summed E-state index contributed by atoms with van der Waals surface area (Å²) < 4.78 is 51.1. The lowest BCUT2D eigenvalue weighted by molar-refractivity contribution is 0.138. The van der Waals surface area contributed by atoms with Crippen LogP contribution in [0.2, 0.25) is 0 Å². The molecular formula is C19H21F3O2. The minimum atomic E-state index is -2.98. The van der Waals surface area contributed by atoms with E-state index in [1.165, 1.54) is 12.1 Å². The van der Waals surface area contributed by atoms with E-state index >= 15 is 0 Å². The van der Waals surface area contributed by atoms with E-state index in [-0.39, 0.29) is 24.7 Å². The van der Waals surface area contributed by atoms with Crippen LogP contribution in [-0.2, 0) is 0 Å². The largest absolute Gasteiger partial charge is 0.493 e. The molecule has 0 atom stereocenters. The maximum Gasteiger partial charge on any atom is 0.270 e. The Labute approximate surface area is 141 Å². The highest BCUT2D eigenvalue weighted by molar-refractivity contribution is 5.42. The summed E-state index contributed by atoms with van der Waals surface area (Å²) in [6.45, 7) is 3.86. The molecule has 0 aromatic heterocycles. The van der Waals surface area contributed by atoms with Gasteiger partial charge in [0.25, 0.3) is 6.43 Å². The third-order valence-electron chi connectivity index (χ3n) is 3.08. The van der Waals surface area contributed by atoms with Crippen molar-refractivity contribution in [3.05, 3.63) is 23.5 Å². The predicted octanol–water partition coefficient (Wildman–Crippen LogP) is 5.13. The van der Waals surface area contributed by atoms with Crippen LogP contribution in [0.4, 0.5) is 13.2 Å². The van der Waals surface area contributed by atoms with Crippen molar-refractivity contribution in [1.29, 1.82) is 0 Å². The molecule has 0 aliphatic rings. The summed E-state index contributed by atoms with van der Waals surface area (Å²) in [6, 6.07) is 2.63. The van der Waals surface area contributed by atoms with Gasteiger partial charge < -0.3 is 9.47 Å². The normalized spacial score (nSPS) is 9.75. The lowest BCUT2D eigenvalue weighted by Crippen LogP contribution is -2.06. The second-order valence-electron chi connectivity index (χ2n) is 4.85. The van der Waals surface area contributed by atoms with E-state index in [2.05, 4.69) is 23.7 Å².